The Labute approximate surface area is 197 Å². The third-order valence-electron chi connectivity index (χ3n) is 4.88. The molecule has 0 aromatic heterocycles. The summed E-state index contributed by atoms with van der Waals surface area (Å²) in [5.41, 5.74) is 0.574. The molecule has 0 aliphatic carbocycles. The standard InChI is InChI=1S/C24H24N2O7S/c1-26(17-9-5-4-6-10-17)34(29,30)22-12-8-7-11-19(22)24(28)33-16-23(27)25-20-15-18(31-2)13-14-21(20)32-3/h4-15H,16H2,1-3H3,(H,25,27). The van der Waals surface area contributed by atoms with Gasteiger partial charge in [-0.15, -0.1) is 0 Å². The van der Waals surface area contributed by atoms with Crippen LogP contribution in [0.3, 0.4) is 0 Å². The summed E-state index contributed by atoms with van der Waals surface area (Å²) in [5, 5.41) is 2.58. The van der Waals surface area contributed by atoms with E-state index in [2.05, 4.69) is 5.32 Å². The lowest BCUT2D eigenvalue weighted by atomic mass is 10.2. The Bertz CT molecular complexity index is 1280. The number of esters is 1. The highest BCUT2D eigenvalue weighted by atomic mass is 32.2. The summed E-state index contributed by atoms with van der Waals surface area (Å²) in [5.74, 6) is -0.703. The van der Waals surface area contributed by atoms with Gasteiger partial charge in [-0.2, -0.15) is 0 Å². The molecule has 3 aromatic carbocycles. The van der Waals surface area contributed by atoms with Gasteiger partial charge in [0.05, 0.1) is 31.2 Å². The van der Waals surface area contributed by atoms with Crippen LogP contribution in [-0.2, 0) is 19.6 Å². The first kappa shape index (κ1) is 24.6. The summed E-state index contributed by atoms with van der Waals surface area (Å²) in [7, 11) is 0.248. The van der Waals surface area contributed by atoms with Gasteiger partial charge in [0.1, 0.15) is 16.4 Å². The Kier molecular flexibility index (Phi) is 7.75. The third-order valence-corrected chi connectivity index (χ3v) is 6.72. The minimum absolute atomic E-state index is 0.183. The normalized spacial score (nSPS) is 10.8. The lowest BCUT2D eigenvalue weighted by Gasteiger charge is -2.20. The van der Waals surface area contributed by atoms with Crippen LogP contribution < -0.4 is 19.1 Å². The molecule has 1 amide bonds. The molecule has 0 aliphatic rings. The van der Waals surface area contributed by atoms with Gasteiger partial charge in [-0.3, -0.25) is 9.10 Å². The summed E-state index contributed by atoms with van der Waals surface area (Å²) >= 11 is 0. The van der Waals surface area contributed by atoms with Crippen molar-refractivity contribution in [3.8, 4) is 11.5 Å². The molecule has 3 aromatic rings. The Morgan fingerprint density at radius 2 is 1.59 bits per heavy atom. The second-order valence-corrected chi connectivity index (χ2v) is 8.93. The first-order chi connectivity index (χ1) is 16.3. The first-order valence-electron chi connectivity index (χ1n) is 10.1. The predicted molar refractivity (Wildman–Crippen MR) is 127 cm³/mol. The van der Waals surface area contributed by atoms with E-state index in [4.69, 9.17) is 14.2 Å². The maximum Gasteiger partial charge on any atom is 0.340 e. The molecular formula is C24H24N2O7S. The van der Waals surface area contributed by atoms with Crippen molar-refractivity contribution >= 4 is 33.3 Å². The van der Waals surface area contributed by atoms with E-state index in [9.17, 15) is 18.0 Å². The molecule has 9 nitrogen and oxygen atoms in total. The number of benzene rings is 3. The molecule has 10 heteroatoms. The number of ether oxygens (including phenoxy) is 3. The number of hydrogen-bond donors (Lipinski definition) is 1. The molecule has 0 saturated heterocycles. The molecule has 0 atom stereocenters. The van der Waals surface area contributed by atoms with Gasteiger partial charge in [0.15, 0.2) is 6.61 Å². The zero-order chi connectivity index (χ0) is 24.7. The van der Waals surface area contributed by atoms with E-state index in [1.54, 1.807) is 48.5 Å². The molecule has 178 valence electrons. The highest BCUT2D eigenvalue weighted by Crippen LogP contribution is 2.29. The quantitative estimate of drug-likeness (QED) is 0.464. The highest BCUT2D eigenvalue weighted by Gasteiger charge is 2.27. The van der Waals surface area contributed by atoms with Gasteiger partial charge in [0.25, 0.3) is 15.9 Å². The molecule has 0 fully saturated rings. The molecule has 3 rings (SSSR count). The van der Waals surface area contributed by atoms with Crippen LogP contribution in [0.5, 0.6) is 11.5 Å². The number of methoxy groups -OCH3 is 2. The number of anilines is 2. The molecule has 34 heavy (non-hydrogen) atoms. The van der Waals surface area contributed by atoms with Gasteiger partial charge in [-0.1, -0.05) is 30.3 Å². The second-order valence-electron chi connectivity index (χ2n) is 6.99. The zero-order valence-electron chi connectivity index (χ0n) is 18.8. The van der Waals surface area contributed by atoms with E-state index in [0.29, 0.717) is 22.9 Å². The molecule has 0 aliphatic heterocycles. The summed E-state index contributed by atoms with van der Waals surface area (Å²) in [6, 6.07) is 18.9. The van der Waals surface area contributed by atoms with Gasteiger partial charge in [-0.25, -0.2) is 13.2 Å². The molecule has 0 saturated carbocycles. The fourth-order valence-electron chi connectivity index (χ4n) is 3.09. The van der Waals surface area contributed by atoms with Gasteiger partial charge in [-0.05, 0) is 36.4 Å². The van der Waals surface area contributed by atoms with E-state index in [-0.39, 0.29) is 10.5 Å². The van der Waals surface area contributed by atoms with E-state index in [0.717, 1.165) is 4.31 Å². The van der Waals surface area contributed by atoms with E-state index >= 15 is 0 Å². The maximum absolute atomic E-state index is 13.2. The molecule has 0 radical (unpaired) electrons. The topological polar surface area (TPSA) is 111 Å². The average molecular weight is 485 g/mol. The number of sulfonamides is 1. The summed E-state index contributed by atoms with van der Waals surface area (Å²) in [6.45, 7) is -0.637. The van der Waals surface area contributed by atoms with E-state index in [1.807, 2.05) is 0 Å². The number of rotatable bonds is 9. The van der Waals surface area contributed by atoms with Crippen LogP contribution in [0.25, 0.3) is 0 Å². The van der Waals surface area contributed by atoms with Crippen LogP contribution in [0.15, 0.2) is 77.7 Å². The van der Waals surface area contributed by atoms with Crippen molar-refractivity contribution in [3.05, 3.63) is 78.4 Å². The lowest BCUT2D eigenvalue weighted by Crippen LogP contribution is -2.29. The fourth-order valence-corrected chi connectivity index (χ4v) is 4.47. The van der Waals surface area contributed by atoms with Crippen molar-refractivity contribution in [2.45, 2.75) is 4.90 Å². The summed E-state index contributed by atoms with van der Waals surface area (Å²) in [6.07, 6.45) is 0. The predicted octanol–water partition coefficient (Wildman–Crippen LogP) is 3.32. The minimum atomic E-state index is -4.07. The lowest BCUT2D eigenvalue weighted by molar-refractivity contribution is -0.119. The summed E-state index contributed by atoms with van der Waals surface area (Å²) in [4.78, 5) is 24.9. The first-order valence-corrected chi connectivity index (χ1v) is 11.5. The van der Waals surface area contributed by atoms with E-state index in [1.165, 1.54) is 45.5 Å². The molecular weight excluding hydrogens is 460 g/mol. The molecule has 1 N–H and O–H groups in total. The maximum atomic E-state index is 13.2. The number of nitrogens with one attached hydrogen (secondary N) is 1. The van der Waals surface area contributed by atoms with Crippen LogP contribution in [0, 0.1) is 0 Å². The second kappa shape index (κ2) is 10.7. The van der Waals surface area contributed by atoms with Gasteiger partial charge in [0, 0.05) is 13.1 Å². The number of nitrogens with zero attached hydrogens (tertiary/aromatic N) is 1. The smallest absolute Gasteiger partial charge is 0.340 e. The van der Waals surface area contributed by atoms with Gasteiger partial charge < -0.3 is 19.5 Å². The number of carbonyl (C=O) groups is 2. The van der Waals surface area contributed by atoms with Crippen LogP contribution in [-0.4, -0.2) is 48.2 Å². The SMILES string of the molecule is COc1ccc(OC)c(NC(=O)COC(=O)c2ccccc2S(=O)(=O)N(C)c2ccccc2)c1. The van der Waals surface area contributed by atoms with Crippen molar-refractivity contribution in [3.63, 3.8) is 0 Å². The Hall–Kier alpha value is -4.05. The van der Waals surface area contributed by atoms with Crippen molar-refractivity contribution in [1.29, 1.82) is 0 Å². The van der Waals surface area contributed by atoms with Gasteiger partial charge >= 0.3 is 5.97 Å². The van der Waals surface area contributed by atoms with Crippen molar-refractivity contribution in [2.75, 3.05) is 37.5 Å². The molecule has 0 spiro atoms. The van der Waals surface area contributed by atoms with Gasteiger partial charge in [0.2, 0.25) is 0 Å². The van der Waals surface area contributed by atoms with Crippen molar-refractivity contribution in [1.82, 2.24) is 0 Å². The highest BCUT2D eigenvalue weighted by molar-refractivity contribution is 7.92. The van der Waals surface area contributed by atoms with Crippen molar-refractivity contribution < 1.29 is 32.2 Å². The third kappa shape index (κ3) is 5.46. The van der Waals surface area contributed by atoms with E-state index < -0.39 is 28.5 Å². The average Bonchev–Trinajstić information content (AvgIpc) is 2.87. The van der Waals surface area contributed by atoms with Crippen LogP contribution in [0.2, 0.25) is 0 Å². The minimum Gasteiger partial charge on any atom is -0.497 e. The van der Waals surface area contributed by atoms with Crippen LogP contribution in [0.1, 0.15) is 10.4 Å². The summed E-state index contributed by atoms with van der Waals surface area (Å²) < 4.78 is 42.9. The Morgan fingerprint density at radius 1 is 0.912 bits per heavy atom. The molecule has 0 heterocycles. The zero-order valence-corrected chi connectivity index (χ0v) is 19.7. The number of hydrogen-bond acceptors (Lipinski definition) is 7. The number of para-hydroxylation sites is 1. The van der Waals surface area contributed by atoms with Crippen molar-refractivity contribution in [2.24, 2.45) is 0 Å². The number of carbonyl (C=O) groups excluding carboxylic acids is 2. The largest absolute Gasteiger partial charge is 0.497 e. The molecule has 0 bridgehead atoms. The Morgan fingerprint density at radius 3 is 2.26 bits per heavy atom. The monoisotopic (exact) mass is 484 g/mol. The van der Waals surface area contributed by atoms with Crippen LogP contribution >= 0.6 is 0 Å². The van der Waals surface area contributed by atoms with Crippen LogP contribution in [0.4, 0.5) is 11.4 Å². The number of amides is 1. The fraction of sp³-hybridized carbons (Fsp3) is 0.167. The Balaban J connectivity index is 1.75. The molecule has 0 unspecified atom stereocenters.